The average molecular weight is 369 g/mol. The minimum atomic E-state index is -1.38. The van der Waals surface area contributed by atoms with Crippen LogP contribution in [-0.4, -0.2) is 66.1 Å². The number of amides is 1. The zero-order valence-corrected chi connectivity index (χ0v) is 14.3. The number of hydrogen-bond donors (Lipinski definition) is 4. The molecule has 1 amide bonds. The van der Waals surface area contributed by atoms with E-state index >= 15 is 0 Å². The Bertz CT molecular complexity index is 607. The molecular formula is C15H20BNO7S. The number of aliphatic carboxylic acids is 1. The zero-order chi connectivity index (χ0) is 18.2. The molecule has 10 heteroatoms. The number of thiophene rings is 1. The first kappa shape index (κ1) is 19.6. The summed E-state index contributed by atoms with van der Waals surface area (Å²) >= 11 is 1.38. The molecule has 0 unspecified atom stereocenters. The van der Waals surface area contributed by atoms with Gasteiger partial charge in [-0.3, -0.25) is 9.59 Å². The van der Waals surface area contributed by atoms with Crippen molar-refractivity contribution >= 4 is 35.9 Å². The van der Waals surface area contributed by atoms with E-state index in [4.69, 9.17) is 19.6 Å². The van der Waals surface area contributed by atoms with E-state index in [1.807, 2.05) is 11.4 Å². The highest BCUT2D eigenvalue weighted by molar-refractivity contribution is 7.11. The Morgan fingerprint density at radius 2 is 2.24 bits per heavy atom. The lowest BCUT2D eigenvalue weighted by molar-refractivity contribution is -0.139. The number of hydrogen-bond acceptors (Lipinski definition) is 7. The van der Waals surface area contributed by atoms with Crippen molar-refractivity contribution in [3.8, 4) is 0 Å². The third kappa shape index (κ3) is 5.94. The summed E-state index contributed by atoms with van der Waals surface area (Å²) in [5, 5.41) is 32.4. The standard InChI is InChI=1S/C15H20BNO7S/c18-5-1-3-11(12-4-2-6-25-12)15(21)17-13-9-23-8-10(7-14(19)20)24-16(13)22/h2-4,6,10,13,18,22H,1,5,7-9H2,(H,17,21)(H,19,20)/b11-3-/t10-,13-/m0/s1. The number of carboxylic acid groups (broad SMARTS) is 1. The molecule has 8 nitrogen and oxygen atoms in total. The minimum absolute atomic E-state index is 0.000740. The van der Waals surface area contributed by atoms with Crippen molar-refractivity contribution in [3.05, 3.63) is 28.5 Å². The van der Waals surface area contributed by atoms with Crippen molar-refractivity contribution in [2.45, 2.75) is 24.9 Å². The van der Waals surface area contributed by atoms with Crippen LogP contribution in [0.5, 0.6) is 0 Å². The van der Waals surface area contributed by atoms with Gasteiger partial charge in [0.2, 0.25) is 0 Å². The second-order valence-electron chi connectivity index (χ2n) is 5.47. The predicted molar refractivity (Wildman–Crippen MR) is 91.8 cm³/mol. The summed E-state index contributed by atoms with van der Waals surface area (Å²) in [7, 11) is -1.38. The van der Waals surface area contributed by atoms with Crippen LogP contribution in [0, 0.1) is 0 Å². The molecule has 2 heterocycles. The summed E-state index contributed by atoms with van der Waals surface area (Å²) in [6.45, 7) is -0.0636. The monoisotopic (exact) mass is 369 g/mol. The van der Waals surface area contributed by atoms with Gasteiger partial charge in [-0.15, -0.1) is 11.3 Å². The van der Waals surface area contributed by atoms with Gasteiger partial charge in [-0.25, -0.2) is 0 Å². The lowest BCUT2D eigenvalue weighted by Crippen LogP contribution is -2.50. The molecule has 2 atom stereocenters. The zero-order valence-electron chi connectivity index (χ0n) is 13.5. The first-order valence-electron chi connectivity index (χ1n) is 7.80. The summed E-state index contributed by atoms with van der Waals surface area (Å²) in [5.41, 5.74) is 0.391. The molecule has 25 heavy (non-hydrogen) atoms. The van der Waals surface area contributed by atoms with Crippen LogP contribution in [0.25, 0.3) is 5.57 Å². The fourth-order valence-electron chi connectivity index (χ4n) is 2.35. The molecule has 1 saturated heterocycles. The maximum absolute atomic E-state index is 12.6. The molecule has 1 aliphatic rings. The molecule has 1 aromatic heterocycles. The number of carbonyl (C=O) groups is 2. The van der Waals surface area contributed by atoms with E-state index in [1.165, 1.54) is 11.3 Å². The fourth-order valence-corrected chi connectivity index (χ4v) is 3.11. The van der Waals surface area contributed by atoms with Gasteiger partial charge >= 0.3 is 13.1 Å². The molecule has 1 aromatic rings. The van der Waals surface area contributed by atoms with Crippen LogP contribution < -0.4 is 5.32 Å². The summed E-state index contributed by atoms with van der Waals surface area (Å²) in [6.07, 6.45) is 0.867. The second kappa shape index (κ2) is 9.69. The van der Waals surface area contributed by atoms with E-state index in [0.29, 0.717) is 12.0 Å². The van der Waals surface area contributed by atoms with Crippen molar-refractivity contribution in [1.29, 1.82) is 0 Å². The van der Waals surface area contributed by atoms with Crippen molar-refractivity contribution in [2.75, 3.05) is 19.8 Å². The van der Waals surface area contributed by atoms with E-state index in [1.54, 1.807) is 12.1 Å². The van der Waals surface area contributed by atoms with Gasteiger partial charge in [-0.2, -0.15) is 0 Å². The Kier molecular flexibility index (Phi) is 7.60. The fraction of sp³-hybridized carbons (Fsp3) is 0.467. The number of nitrogens with one attached hydrogen (secondary N) is 1. The Hall–Kier alpha value is -1.72. The third-order valence-corrected chi connectivity index (χ3v) is 4.41. The van der Waals surface area contributed by atoms with E-state index in [0.717, 1.165) is 4.88 Å². The first-order chi connectivity index (χ1) is 12.0. The number of rotatable bonds is 7. The van der Waals surface area contributed by atoms with Crippen molar-refractivity contribution in [3.63, 3.8) is 0 Å². The van der Waals surface area contributed by atoms with Crippen LogP contribution in [0.4, 0.5) is 0 Å². The van der Waals surface area contributed by atoms with Gasteiger partial charge in [0.1, 0.15) is 0 Å². The highest BCUT2D eigenvalue weighted by Crippen LogP contribution is 2.21. The summed E-state index contributed by atoms with van der Waals surface area (Å²) in [4.78, 5) is 24.1. The summed E-state index contributed by atoms with van der Waals surface area (Å²) in [5.74, 6) is -2.32. The number of aliphatic hydroxyl groups excluding tert-OH is 1. The molecule has 0 saturated carbocycles. The molecule has 136 valence electrons. The first-order valence-corrected chi connectivity index (χ1v) is 8.68. The van der Waals surface area contributed by atoms with Crippen LogP contribution in [0.1, 0.15) is 17.7 Å². The number of ether oxygens (including phenoxy) is 1. The Morgan fingerprint density at radius 1 is 1.44 bits per heavy atom. The SMILES string of the molecule is O=C(O)C[C@H]1COC[C@H](NC(=O)/C(=C\CCO)c2cccs2)B(O)O1. The number of carbonyl (C=O) groups excluding carboxylic acids is 1. The number of aliphatic hydroxyl groups is 1. The molecule has 1 fully saturated rings. The maximum atomic E-state index is 12.6. The molecule has 0 aromatic carbocycles. The van der Waals surface area contributed by atoms with Crippen LogP contribution >= 0.6 is 11.3 Å². The third-order valence-electron chi connectivity index (χ3n) is 3.50. The van der Waals surface area contributed by atoms with Gasteiger partial charge in [0.05, 0.1) is 37.3 Å². The molecule has 2 rings (SSSR count). The highest BCUT2D eigenvalue weighted by Gasteiger charge is 2.35. The largest absolute Gasteiger partial charge is 0.481 e. The van der Waals surface area contributed by atoms with Gasteiger partial charge in [0, 0.05) is 11.5 Å². The van der Waals surface area contributed by atoms with Crippen LogP contribution in [0.15, 0.2) is 23.6 Å². The predicted octanol–water partition coefficient (Wildman–Crippen LogP) is -0.0915. The van der Waals surface area contributed by atoms with Gasteiger partial charge in [0.15, 0.2) is 0 Å². The Balaban J connectivity index is 2.03. The van der Waals surface area contributed by atoms with Gasteiger partial charge in [0.25, 0.3) is 5.91 Å². The van der Waals surface area contributed by atoms with Gasteiger partial charge in [-0.1, -0.05) is 12.1 Å². The summed E-state index contributed by atoms with van der Waals surface area (Å²) in [6, 6.07) is 3.59. The van der Waals surface area contributed by atoms with E-state index in [-0.39, 0.29) is 26.2 Å². The lowest BCUT2D eigenvalue weighted by atomic mass is 9.79. The van der Waals surface area contributed by atoms with Crippen molar-refractivity contribution in [2.24, 2.45) is 0 Å². The molecular weight excluding hydrogens is 349 g/mol. The molecule has 0 spiro atoms. The van der Waals surface area contributed by atoms with Crippen molar-refractivity contribution in [1.82, 2.24) is 5.32 Å². The van der Waals surface area contributed by atoms with Gasteiger partial charge in [-0.05, 0) is 17.9 Å². The van der Waals surface area contributed by atoms with Crippen molar-refractivity contribution < 1.29 is 34.2 Å². The Morgan fingerprint density at radius 3 is 2.88 bits per heavy atom. The van der Waals surface area contributed by atoms with Crippen LogP contribution in [0.2, 0.25) is 0 Å². The van der Waals surface area contributed by atoms with E-state index < -0.39 is 31.0 Å². The highest BCUT2D eigenvalue weighted by atomic mass is 32.1. The topological polar surface area (TPSA) is 125 Å². The smallest absolute Gasteiger partial charge is 0.480 e. The molecule has 0 aliphatic carbocycles. The quantitative estimate of drug-likeness (QED) is 0.391. The maximum Gasteiger partial charge on any atom is 0.480 e. The second-order valence-corrected chi connectivity index (χ2v) is 6.42. The lowest BCUT2D eigenvalue weighted by Gasteiger charge is -2.19. The van der Waals surface area contributed by atoms with Gasteiger partial charge < -0.3 is 29.9 Å². The van der Waals surface area contributed by atoms with E-state index in [2.05, 4.69) is 5.32 Å². The Labute approximate surface area is 149 Å². The molecule has 0 bridgehead atoms. The average Bonchev–Trinajstić information content (AvgIpc) is 3.02. The summed E-state index contributed by atoms with van der Waals surface area (Å²) < 4.78 is 10.6. The number of carboxylic acids is 1. The molecule has 0 radical (unpaired) electrons. The molecule has 1 aliphatic heterocycles. The molecule has 4 N–H and O–H groups in total. The minimum Gasteiger partial charge on any atom is -0.481 e. The van der Waals surface area contributed by atoms with Crippen LogP contribution in [-0.2, 0) is 19.0 Å². The van der Waals surface area contributed by atoms with Crippen LogP contribution in [0.3, 0.4) is 0 Å². The van der Waals surface area contributed by atoms with E-state index in [9.17, 15) is 14.6 Å². The normalized spacial score (nSPS) is 21.7.